The minimum atomic E-state index is -4.51. The summed E-state index contributed by atoms with van der Waals surface area (Å²) in [6.45, 7) is 1.78. The van der Waals surface area contributed by atoms with Crippen molar-refractivity contribution in [1.82, 2.24) is 9.21 Å². The van der Waals surface area contributed by atoms with Gasteiger partial charge >= 0.3 is 6.18 Å². The average Bonchev–Trinajstić information content (AvgIpc) is 3.04. The van der Waals surface area contributed by atoms with Gasteiger partial charge in [0.25, 0.3) is 0 Å². The summed E-state index contributed by atoms with van der Waals surface area (Å²) in [7, 11) is -2.13. The van der Waals surface area contributed by atoms with Crippen LogP contribution in [-0.2, 0) is 27.5 Å². The number of rotatable bonds is 6. The Morgan fingerprint density at radius 2 is 1.96 bits per heavy atom. The van der Waals surface area contributed by atoms with E-state index in [1.807, 2.05) is 0 Å². The Balaban J connectivity index is 2.18. The number of hydrogen-bond donors (Lipinski definition) is 0. The monoisotopic (exact) mass is 392 g/mol. The largest absolute Gasteiger partial charge is 0.416 e. The van der Waals surface area contributed by atoms with Crippen LogP contribution in [0.15, 0.2) is 24.3 Å². The summed E-state index contributed by atoms with van der Waals surface area (Å²) in [5.74, 6) is -0.517. The van der Waals surface area contributed by atoms with E-state index in [0.717, 1.165) is 6.07 Å². The molecule has 146 valence electrons. The molecule has 9 heteroatoms. The third kappa shape index (κ3) is 4.56. The highest BCUT2D eigenvalue weighted by Gasteiger charge is 2.40. The molecule has 0 aromatic heterocycles. The van der Waals surface area contributed by atoms with Gasteiger partial charge in [0.15, 0.2) is 0 Å². The lowest BCUT2D eigenvalue weighted by molar-refractivity contribution is -0.140. The summed E-state index contributed by atoms with van der Waals surface area (Å²) in [4.78, 5) is 13.9. The van der Waals surface area contributed by atoms with E-state index in [1.54, 1.807) is 6.92 Å². The van der Waals surface area contributed by atoms with Crippen molar-refractivity contribution in [3.8, 4) is 0 Å². The number of hydrogen-bond acceptors (Lipinski definition) is 3. The second-order valence-electron chi connectivity index (χ2n) is 6.43. The summed E-state index contributed by atoms with van der Waals surface area (Å²) in [5, 5.41) is 0. The van der Waals surface area contributed by atoms with Gasteiger partial charge in [-0.15, -0.1) is 0 Å². The Labute approximate surface area is 151 Å². The first-order valence-corrected chi connectivity index (χ1v) is 10.1. The maximum atomic E-state index is 13.1. The molecule has 1 aliphatic heterocycles. The molecule has 1 saturated heterocycles. The molecular formula is C17H23F3N2O3S. The Kier molecular flexibility index (Phi) is 6.33. The van der Waals surface area contributed by atoms with Crippen LogP contribution in [0.5, 0.6) is 0 Å². The zero-order chi connectivity index (χ0) is 19.5. The van der Waals surface area contributed by atoms with Crippen LogP contribution in [-0.4, -0.2) is 48.9 Å². The summed E-state index contributed by atoms with van der Waals surface area (Å²) in [6, 6.07) is 4.24. The number of sulfonamides is 1. The van der Waals surface area contributed by atoms with Crippen molar-refractivity contribution in [3.05, 3.63) is 35.4 Å². The van der Waals surface area contributed by atoms with Gasteiger partial charge in [-0.25, -0.2) is 8.42 Å². The number of halogens is 3. The fourth-order valence-electron chi connectivity index (χ4n) is 3.22. The molecular weight excluding hydrogens is 369 g/mol. The summed E-state index contributed by atoms with van der Waals surface area (Å²) >= 11 is 0. The van der Waals surface area contributed by atoms with E-state index in [-0.39, 0.29) is 24.4 Å². The molecule has 2 rings (SSSR count). The van der Waals surface area contributed by atoms with Crippen LogP contribution in [0.2, 0.25) is 0 Å². The number of amides is 1. The van der Waals surface area contributed by atoms with Crippen molar-refractivity contribution in [3.63, 3.8) is 0 Å². The van der Waals surface area contributed by atoms with Crippen molar-refractivity contribution < 1.29 is 26.4 Å². The number of benzene rings is 1. The van der Waals surface area contributed by atoms with Gasteiger partial charge < -0.3 is 4.90 Å². The number of carbonyl (C=O) groups excluding carboxylic acids is 1. The predicted octanol–water partition coefficient (Wildman–Crippen LogP) is 2.87. The predicted molar refractivity (Wildman–Crippen MR) is 91.7 cm³/mol. The molecule has 0 bridgehead atoms. The third-order valence-electron chi connectivity index (χ3n) is 4.41. The van der Waals surface area contributed by atoms with Crippen molar-refractivity contribution >= 4 is 15.9 Å². The van der Waals surface area contributed by atoms with E-state index < -0.39 is 33.7 Å². The summed E-state index contributed by atoms with van der Waals surface area (Å²) < 4.78 is 65.2. The minimum Gasteiger partial charge on any atom is -0.340 e. The first kappa shape index (κ1) is 20.7. The lowest BCUT2D eigenvalue weighted by atomic mass is 10.1. The van der Waals surface area contributed by atoms with E-state index in [9.17, 15) is 26.4 Å². The van der Waals surface area contributed by atoms with E-state index in [2.05, 4.69) is 0 Å². The molecule has 1 fully saturated rings. The van der Waals surface area contributed by atoms with Crippen LogP contribution >= 0.6 is 0 Å². The molecule has 1 amide bonds. The third-order valence-corrected chi connectivity index (χ3v) is 6.49. The molecule has 1 aromatic carbocycles. The highest BCUT2D eigenvalue weighted by atomic mass is 32.2. The van der Waals surface area contributed by atoms with Gasteiger partial charge in [-0.1, -0.05) is 25.1 Å². The van der Waals surface area contributed by atoms with Crippen LogP contribution in [0.25, 0.3) is 0 Å². The molecule has 0 spiro atoms. The average molecular weight is 392 g/mol. The van der Waals surface area contributed by atoms with Crippen LogP contribution in [0.4, 0.5) is 13.2 Å². The topological polar surface area (TPSA) is 57.7 Å². The van der Waals surface area contributed by atoms with Crippen molar-refractivity contribution in [2.75, 3.05) is 19.3 Å². The van der Waals surface area contributed by atoms with Crippen molar-refractivity contribution in [2.45, 2.75) is 44.9 Å². The maximum Gasteiger partial charge on any atom is 0.416 e. The van der Waals surface area contributed by atoms with Gasteiger partial charge in [0, 0.05) is 20.1 Å². The molecule has 1 aliphatic rings. The zero-order valence-electron chi connectivity index (χ0n) is 14.8. The van der Waals surface area contributed by atoms with Crippen molar-refractivity contribution in [1.29, 1.82) is 0 Å². The van der Waals surface area contributed by atoms with Gasteiger partial charge in [0.1, 0.15) is 6.04 Å². The normalized spacial score (nSPS) is 18.9. The molecule has 1 unspecified atom stereocenters. The molecule has 5 nitrogen and oxygen atoms in total. The Morgan fingerprint density at radius 1 is 1.31 bits per heavy atom. The van der Waals surface area contributed by atoms with Crippen LogP contribution in [0.1, 0.15) is 37.3 Å². The molecule has 0 radical (unpaired) electrons. The fraction of sp³-hybridized carbons (Fsp3) is 0.588. The number of likely N-dealkylation sites (N-methyl/N-ethyl adjacent to an activating group) is 1. The smallest absolute Gasteiger partial charge is 0.340 e. The lowest BCUT2D eigenvalue weighted by Gasteiger charge is -2.28. The standard InChI is InChI=1S/C17H23F3N2O3S/c1-3-11-26(24,25)22-10-6-9-15(22)16(23)21(2)12-13-7-4-5-8-14(13)17(18,19)20/h4-5,7-8,15H,3,6,9-12H2,1-2H3. The maximum absolute atomic E-state index is 13.1. The van der Waals surface area contributed by atoms with E-state index in [1.165, 1.54) is 34.5 Å². The highest BCUT2D eigenvalue weighted by molar-refractivity contribution is 7.89. The first-order valence-electron chi connectivity index (χ1n) is 8.47. The molecule has 1 heterocycles. The highest BCUT2D eigenvalue weighted by Crippen LogP contribution is 2.32. The molecule has 0 saturated carbocycles. The second-order valence-corrected chi connectivity index (χ2v) is 8.48. The van der Waals surface area contributed by atoms with Gasteiger partial charge in [0.2, 0.25) is 15.9 Å². The van der Waals surface area contributed by atoms with Gasteiger partial charge in [-0.2, -0.15) is 17.5 Å². The number of carbonyl (C=O) groups is 1. The summed E-state index contributed by atoms with van der Waals surface area (Å²) in [6.07, 6.45) is -3.13. The number of nitrogens with zero attached hydrogens (tertiary/aromatic N) is 2. The van der Waals surface area contributed by atoms with E-state index in [0.29, 0.717) is 19.3 Å². The first-order chi connectivity index (χ1) is 12.1. The molecule has 26 heavy (non-hydrogen) atoms. The quantitative estimate of drug-likeness (QED) is 0.748. The molecule has 0 N–H and O–H groups in total. The Bertz CT molecular complexity index is 750. The Morgan fingerprint density at radius 3 is 2.58 bits per heavy atom. The van der Waals surface area contributed by atoms with Crippen LogP contribution < -0.4 is 0 Å². The van der Waals surface area contributed by atoms with Gasteiger partial charge in [-0.3, -0.25) is 4.79 Å². The zero-order valence-corrected chi connectivity index (χ0v) is 15.6. The van der Waals surface area contributed by atoms with Crippen molar-refractivity contribution in [2.24, 2.45) is 0 Å². The van der Waals surface area contributed by atoms with E-state index in [4.69, 9.17) is 0 Å². The lowest BCUT2D eigenvalue weighted by Crippen LogP contribution is -2.47. The summed E-state index contributed by atoms with van der Waals surface area (Å²) in [5.41, 5.74) is -0.807. The second kappa shape index (κ2) is 7.96. The van der Waals surface area contributed by atoms with Crippen LogP contribution in [0.3, 0.4) is 0 Å². The molecule has 1 atom stereocenters. The van der Waals surface area contributed by atoms with Gasteiger partial charge in [-0.05, 0) is 30.9 Å². The fourth-order valence-corrected chi connectivity index (χ4v) is 4.96. The van der Waals surface area contributed by atoms with E-state index >= 15 is 0 Å². The van der Waals surface area contributed by atoms with Gasteiger partial charge in [0.05, 0.1) is 11.3 Å². The molecule has 1 aromatic rings. The van der Waals surface area contributed by atoms with Crippen LogP contribution in [0, 0.1) is 0 Å². The minimum absolute atomic E-state index is 0.0168. The Hall–Kier alpha value is -1.61. The number of alkyl halides is 3. The SMILES string of the molecule is CCCS(=O)(=O)N1CCCC1C(=O)N(C)Cc1ccccc1C(F)(F)F. The molecule has 0 aliphatic carbocycles.